The SMILES string of the molecule is CCn1c(Cc2ccccc2)nnc1SCC(=O)NC(c1ccc(C)cc1)C1CC1. The molecule has 1 unspecified atom stereocenters. The third-order valence-electron chi connectivity index (χ3n) is 5.49. The fourth-order valence-electron chi connectivity index (χ4n) is 3.67. The molecule has 1 saturated carbocycles. The zero-order valence-electron chi connectivity index (χ0n) is 17.5. The van der Waals surface area contributed by atoms with Crippen molar-refractivity contribution in [3.8, 4) is 0 Å². The smallest absolute Gasteiger partial charge is 0.230 e. The van der Waals surface area contributed by atoms with Crippen molar-refractivity contribution in [2.75, 3.05) is 5.75 Å². The lowest BCUT2D eigenvalue weighted by Gasteiger charge is -2.19. The van der Waals surface area contributed by atoms with E-state index in [1.165, 1.54) is 41.3 Å². The molecule has 1 amide bonds. The highest BCUT2D eigenvalue weighted by Crippen LogP contribution is 2.41. The number of hydrogen-bond donors (Lipinski definition) is 1. The van der Waals surface area contributed by atoms with Crippen LogP contribution in [0.2, 0.25) is 0 Å². The van der Waals surface area contributed by atoms with E-state index in [9.17, 15) is 4.79 Å². The molecule has 1 fully saturated rings. The number of nitrogens with zero attached hydrogens (tertiary/aromatic N) is 3. The van der Waals surface area contributed by atoms with Gasteiger partial charge in [-0.15, -0.1) is 10.2 Å². The fraction of sp³-hybridized carbons (Fsp3) is 0.375. The Morgan fingerprint density at radius 1 is 1.13 bits per heavy atom. The third kappa shape index (κ3) is 5.11. The molecule has 2 aromatic carbocycles. The molecule has 5 nitrogen and oxygen atoms in total. The van der Waals surface area contributed by atoms with Crippen LogP contribution in [0.1, 0.15) is 48.3 Å². The second-order valence-corrected chi connectivity index (χ2v) is 8.83. The van der Waals surface area contributed by atoms with Crippen LogP contribution in [-0.4, -0.2) is 26.4 Å². The number of benzene rings is 2. The molecule has 0 saturated heterocycles. The average Bonchev–Trinajstić information content (AvgIpc) is 3.53. The summed E-state index contributed by atoms with van der Waals surface area (Å²) in [5.41, 5.74) is 3.64. The summed E-state index contributed by atoms with van der Waals surface area (Å²) in [7, 11) is 0. The normalized spacial score (nSPS) is 14.5. The molecule has 6 heteroatoms. The fourth-order valence-corrected chi connectivity index (χ4v) is 4.51. The lowest BCUT2D eigenvalue weighted by atomic mass is 10.0. The van der Waals surface area contributed by atoms with Crippen LogP contribution < -0.4 is 5.32 Å². The quantitative estimate of drug-likeness (QED) is 0.516. The summed E-state index contributed by atoms with van der Waals surface area (Å²) in [5.74, 6) is 1.88. The van der Waals surface area contributed by atoms with Crippen LogP contribution in [0.25, 0.3) is 0 Å². The number of nitrogens with one attached hydrogen (secondary N) is 1. The van der Waals surface area contributed by atoms with Gasteiger partial charge in [0.05, 0.1) is 11.8 Å². The van der Waals surface area contributed by atoms with Gasteiger partial charge in [0.2, 0.25) is 5.91 Å². The molecular weight excluding hydrogens is 392 g/mol. The van der Waals surface area contributed by atoms with Gasteiger partial charge in [0.15, 0.2) is 5.16 Å². The maximum atomic E-state index is 12.7. The van der Waals surface area contributed by atoms with Crippen LogP contribution >= 0.6 is 11.8 Å². The first kappa shape index (κ1) is 20.7. The highest BCUT2D eigenvalue weighted by Gasteiger charge is 2.33. The Hall–Kier alpha value is -2.60. The molecule has 0 spiro atoms. The zero-order valence-corrected chi connectivity index (χ0v) is 18.4. The molecule has 0 radical (unpaired) electrons. The Balaban J connectivity index is 1.38. The maximum absolute atomic E-state index is 12.7. The van der Waals surface area contributed by atoms with Crippen molar-refractivity contribution in [1.29, 1.82) is 0 Å². The number of hydrogen-bond acceptors (Lipinski definition) is 4. The molecule has 1 aromatic heterocycles. The zero-order chi connectivity index (χ0) is 20.9. The number of amides is 1. The Kier molecular flexibility index (Phi) is 6.53. The Bertz CT molecular complexity index is 980. The summed E-state index contributed by atoms with van der Waals surface area (Å²) in [6.07, 6.45) is 3.10. The summed E-state index contributed by atoms with van der Waals surface area (Å²) < 4.78 is 2.10. The van der Waals surface area contributed by atoms with E-state index in [4.69, 9.17) is 0 Å². The van der Waals surface area contributed by atoms with Gasteiger partial charge in [-0.3, -0.25) is 4.79 Å². The summed E-state index contributed by atoms with van der Waals surface area (Å²) >= 11 is 1.46. The summed E-state index contributed by atoms with van der Waals surface area (Å²) in [6.45, 7) is 4.96. The van der Waals surface area contributed by atoms with Gasteiger partial charge < -0.3 is 9.88 Å². The van der Waals surface area contributed by atoms with E-state index in [1.54, 1.807) is 0 Å². The van der Waals surface area contributed by atoms with Gasteiger partial charge >= 0.3 is 0 Å². The standard InChI is InChI=1S/C24H28N4OS/c1-3-28-21(15-18-7-5-4-6-8-18)26-27-24(28)30-16-22(29)25-23(20-13-14-20)19-11-9-17(2)10-12-19/h4-12,20,23H,3,13-16H2,1-2H3,(H,25,29). The Labute approximate surface area is 182 Å². The van der Waals surface area contributed by atoms with Gasteiger partial charge in [-0.05, 0) is 43.7 Å². The number of aromatic nitrogens is 3. The number of rotatable bonds is 9. The number of thioether (sulfide) groups is 1. The largest absolute Gasteiger partial charge is 0.348 e. The molecule has 1 heterocycles. The summed E-state index contributed by atoms with van der Waals surface area (Å²) in [6, 6.07) is 18.9. The topological polar surface area (TPSA) is 59.8 Å². The number of carbonyl (C=O) groups excluding carboxylic acids is 1. The van der Waals surface area contributed by atoms with Crippen LogP contribution in [0.4, 0.5) is 0 Å². The average molecular weight is 421 g/mol. The molecular formula is C24H28N4OS. The third-order valence-corrected chi connectivity index (χ3v) is 6.46. The summed E-state index contributed by atoms with van der Waals surface area (Å²) in [5, 5.41) is 12.8. The van der Waals surface area contributed by atoms with E-state index in [1.807, 2.05) is 18.2 Å². The lowest BCUT2D eigenvalue weighted by Crippen LogP contribution is -2.31. The van der Waals surface area contributed by atoms with Crippen molar-refractivity contribution in [3.05, 3.63) is 77.1 Å². The van der Waals surface area contributed by atoms with Crippen LogP contribution in [-0.2, 0) is 17.8 Å². The molecule has 156 valence electrons. The predicted octanol–water partition coefficient (Wildman–Crippen LogP) is 4.56. The highest BCUT2D eigenvalue weighted by atomic mass is 32.2. The molecule has 1 aliphatic rings. The van der Waals surface area contributed by atoms with Gasteiger partial charge in [0.25, 0.3) is 0 Å². The first-order valence-electron chi connectivity index (χ1n) is 10.6. The monoisotopic (exact) mass is 420 g/mol. The van der Waals surface area contributed by atoms with Gasteiger partial charge in [-0.1, -0.05) is 71.9 Å². The van der Waals surface area contributed by atoms with Gasteiger partial charge in [-0.25, -0.2) is 0 Å². The van der Waals surface area contributed by atoms with Crippen molar-refractivity contribution >= 4 is 17.7 Å². The highest BCUT2D eigenvalue weighted by molar-refractivity contribution is 7.99. The predicted molar refractivity (Wildman–Crippen MR) is 120 cm³/mol. The van der Waals surface area contributed by atoms with Crippen LogP contribution in [0.3, 0.4) is 0 Å². The number of carbonyl (C=O) groups is 1. The van der Waals surface area contributed by atoms with Crippen LogP contribution in [0, 0.1) is 12.8 Å². The minimum absolute atomic E-state index is 0.0488. The minimum Gasteiger partial charge on any atom is -0.348 e. The molecule has 0 bridgehead atoms. The van der Waals surface area contributed by atoms with Crippen LogP contribution in [0.5, 0.6) is 0 Å². The molecule has 0 aliphatic heterocycles. The second-order valence-electron chi connectivity index (χ2n) is 7.89. The van der Waals surface area contributed by atoms with E-state index in [2.05, 4.69) is 70.3 Å². The molecule has 3 aromatic rings. The van der Waals surface area contributed by atoms with Crippen molar-refractivity contribution in [2.45, 2.75) is 50.9 Å². The molecule has 4 rings (SSSR count). The lowest BCUT2D eigenvalue weighted by molar-refractivity contribution is -0.119. The second kappa shape index (κ2) is 9.47. The van der Waals surface area contributed by atoms with Crippen molar-refractivity contribution in [2.24, 2.45) is 5.92 Å². The minimum atomic E-state index is 0.0488. The van der Waals surface area contributed by atoms with Crippen molar-refractivity contribution < 1.29 is 4.79 Å². The number of aryl methyl sites for hydroxylation is 1. The van der Waals surface area contributed by atoms with E-state index < -0.39 is 0 Å². The van der Waals surface area contributed by atoms with Crippen molar-refractivity contribution in [3.63, 3.8) is 0 Å². The van der Waals surface area contributed by atoms with E-state index in [0.717, 1.165) is 23.9 Å². The Morgan fingerprint density at radius 3 is 2.53 bits per heavy atom. The Morgan fingerprint density at radius 2 is 1.87 bits per heavy atom. The molecule has 1 atom stereocenters. The van der Waals surface area contributed by atoms with E-state index in [0.29, 0.717) is 11.7 Å². The summed E-state index contributed by atoms with van der Waals surface area (Å²) in [4.78, 5) is 12.7. The van der Waals surface area contributed by atoms with E-state index >= 15 is 0 Å². The van der Waals surface area contributed by atoms with Crippen LogP contribution in [0.15, 0.2) is 59.8 Å². The van der Waals surface area contributed by atoms with Crippen molar-refractivity contribution in [1.82, 2.24) is 20.1 Å². The first-order valence-corrected chi connectivity index (χ1v) is 11.6. The first-order chi connectivity index (χ1) is 14.6. The molecule has 30 heavy (non-hydrogen) atoms. The van der Waals surface area contributed by atoms with E-state index in [-0.39, 0.29) is 11.9 Å². The van der Waals surface area contributed by atoms with Gasteiger partial charge in [0.1, 0.15) is 5.82 Å². The molecule has 1 aliphatic carbocycles. The van der Waals surface area contributed by atoms with Gasteiger partial charge in [0, 0.05) is 13.0 Å². The molecule has 1 N–H and O–H groups in total. The van der Waals surface area contributed by atoms with Gasteiger partial charge in [-0.2, -0.15) is 0 Å². The maximum Gasteiger partial charge on any atom is 0.230 e.